The van der Waals surface area contributed by atoms with Crippen molar-refractivity contribution in [1.82, 2.24) is 14.3 Å². The molecule has 0 N–H and O–H groups in total. The fourth-order valence-electron chi connectivity index (χ4n) is 2.26. The Bertz CT molecular complexity index is 855. The SMILES string of the molecule is CCN(Cc1cccs1)C(=O)c1cnc2ccccn2c1=O. The molecule has 0 aliphatic rings. The number of rotatable bonds is 4. The molecule has 0 saturated carbocycles. The van der Waals surface area contributed by atoms with Gasteiger partial charge in [0, 0.05) is 23.8 Å². The average molecular weight is 313 g/mol. The van der Waals surface area contributed by atoms with Crippen LogP contribution in [0, 0.1) is 0 Å². The Hall–Kier alpha value is -2.47. The van der Waals surface area contributed by atoms with Crippen molar-refractivity contribution >= 4 is 22.9 Å². The molecule has 0 bridgehead atoms. The van der Waals surface area contributed by atoms with Crippen LogP contribution in [0.2, 0.25) is 0 Å². The molecule has 0 unspecified atom stereocenters. The zero-order chi connectivity index (χ0) is 15.5. The van der Waals surface area contributed by atoms with E-state index in [-0.39, 0.29) is 17.0 Å². The second kappa shape index (κ2) is 6.11. The number of amides is 1. The van der Waals surface area contributed by atoms with Gasteiger partial charge in [0.25, 0.3) is 11.5 Å². The lowest BCUT2D eigenvalue weighted by atomic mass is 10.2. The zero-order valence-electron chi connectivity index (χ0n) is 12.1. The Labute approximate surface area is 131 Å². The van der Waals surface area contributed by atoms with Gasteiger partial charge in [0.05, 0.1) is 6.54 Å². The lowest BCUT2D eigenvalue weighted by Gasteiger charge is -2.19. The predicted molar refractivity (Wildman–Crippen MR) is 86.2 cm³/mol. The van der Waals surface area contributed by atoms with Gasteiger partial charge in [-0.3, -0.25) is 14.0 Å². The Morgan fingerprint density at radius 2 is 2.18 bits per heavy atom. The number of fused-ring (bicyclic) bond motifs is 1. The highest BCUT2D eigenvalue weighted by atomic mass is 32.1. The van der Waals surface area contributed by atoms with Crippen molar-refractivity contribution in [3.8, 4) is 0 Å². The van der Waals surface area contributed by atoms with Gasteiger partial charge in [-0.15, -0.1) is 11.3 Å². The molecular weight excluding hydrogens is 298 g/mol. The molecule has 0 atom stereocenters. The molecule has 112 valence electrons. The fourth-order valence-corrected chi connectivity index (χ4v) is 2.98. The van der Waals surface area contributed by atoms with Crippen LogP contribution >= 0.6 is 11.3 Å². The van der Waals surface area contributed by atoms with E-state index < -0.39 is 0 Å². The Morgan fingerprint density at radius 1 is 1.32 bits per heavy atom. The number of hydrogen-bond donors (Lipinski definition) is 0. The summed E-state index contributed by atoms with van der Waals surface area (Å²) in [5.41, 5.74) is 0.299. The minimum Gasteiger partial charge on any atom is -0.334 e. The van der Waals surface area contributed by atoms with Gasteiger partial charge >= 0.3 is 0 Å². The quantitative estimate of drug-likeness (QED) is 0.743. The second-order valence-electron chi connectivity index (χ2n) is 4.80. The van der Waals surface area contributed by atoms with E-state index >= 15 is 0 Å². The maximum Gasteiger partial charge on any atom is 0.270 e. The number of thiophene rings is 1. The summed E-state index contributed by atoms with van der Waals surface area (Å²) in [6.45, 7) is 2.94. The summed E-state index contributed by atoms with van der Waals surface area (Å²) in [4.78, 5) is 32.0. The number of nitrogens with zero attached hydrogens (tertiary/aromatic N) is 3. The molecule has 0 aromatic carbocycles. The van der Waals surface area contributed by atoms with E-state index in [0.717, 1.165) is 4.88 Å². The van der Waals surface area contributed by atoms with Crippen LogP contribution in [-0.4, -0.2) is 26.7 Å². The van der Waals surface area contributed by atoms with E-state index in [1.54, 1.807) is 40.6 Å². The summed E-state index contributed by atoms with van der Waals surface area (Å²) in [7, 11) is 0. The summed E-state index contributed by atoms with van der Waals surface area (Å²) < 4.78 is 1.40. The van der Waals surface area contributed by atoms with Crippen molar-refractivity contribution < 1.29 is 4.79 Å². The number of carbonyl (C=O) groups excluding carboxylic acids is 1. The van der Waals surface area contributed by atoms with Crippen molar-refractivity contribution in [3.63, 3.8) is 0 Å². The van der Waals surface area contributed by atoms with Gasteiger partial charge in [0.15, 0.2) is 0 Å². The van der Waals surface area contributed by atoms with Gasteiger partial charge in [-0.25, -0.2) is 4.98 Å². The normalized spacial score (nSPS) is 10.8. The Morgan fingerprint density at radius 3 is 2.91 bits per heavy atom. The number of pyridine rings is 1. The first kappa shape index (κ1) is 14.5. The molecule has 3 rings (SSSR count). The molecule has 0 aliphatic carbocycles. The highest BCUT2D eigenvalue weighted by molar-refractivity contribution is 7.09. The van der Waals surface area contributed by atoms with Gasteiger partial charge < -0.3 is 4.90 Å². The smallest absolute Gasteiger partial charge is 0.270 e. The molecule has 0 saturated heterocycles. The van der Waals surface area contributed by atoms with Crippen LogP contribution < -0.4 is 5.56 Å². The third kappa shape index (κ3) is 2.65. The van der Waals surface area contributed by atoms with E-state index in [2.05, 4.69) is 4.98 Å². The molecule has 0 fully saturated rings. The highest BCUT2D eigenvalue weighted by Gasteiger charge is 2.19. The summed E-state index contributed by atoms with van der Waals surface area (Å²) in [6, 6.07) is 9.21. The first-order chi connectivity index (χ1) is 10.7. The van der Waals surface area contributed by atoms with Crippen LogP contribution in [0.3, 0.4) is 0 Å². The first-order valence-corrected chi connectivity index (χ1v) is 7.86. The molecule has 1 amide bonds. The van der Waals surface area contributed by atoms with Crippen LogP contribution in [-0.2, 0) is 6.54 Å². The van der Waals surface area contributed by atoms with Crippen molar-refractivity contribution in [3.05, 3.63) is 68.9 Å². The molecule has 6 heteroatoms. The summed E-state index contributed by atoms with van der Waals surface area (Å²) in [5.74, 6) is -0.286. The first-order valence-electron chi connectivity index (χ1n) is 6.98. The van der Waals surface area contributed by atoms with Gasteiger partial charge in [-0.2, -0.15) is 0 Å². The molecule has 0 aliphatic heterocycles. The maximum absolute atomic E-state index is 12.6. The largest absolute Gasteiger partial charge is 0.334 e. The molecule has 0 spiro atoms. The summed E-state index contributed by atoms with van der Waals surface area (Å²) in [5, 5.41) is 1.97. The van der Waals surface area contributed by atoms with Crippen LogP contribution in [0.15, 0.2) is 52.9 Å². The standard InChI is InChI=1S/C16H15N3O2S/c1-2-18(11-12-6-5-9-22-12)15(20)13-10-17-14-7-3-4-8-19(14)16(13)21/h3-10H,2,11H2,1H3. The third-order valence-electron chi connectivity index (χ3n) is 3.44. The van der Waals surface area contributed by atoms with E-state index in [9.17, 15) is 9.59 Å². The van der Waals surface area contributed by atoms with Gasteiger partial charge in [-0.1, -0.05) is 12.1 Å². The second-order valence-corrected chi connectivity index (χ2v) is 5.84. The van der Waals surface area contributed by atoms with Crippen LogP contribution in [0.5, 0.6) is 0 Å². The van der Waals surface area contributed by atoms with E-state index in [0.29, 0.717) is 18.7 Å². The lowest BCUT2D eigenvalue weighted by Crippen LogP contribution is -2.35. The summed E-state index contributed by atoms with van der Waals surface area (Å²) in [6.07, 6.45) is 2.99. The fraction of sp³-hybridized carbons (Fsp3) is 0.188. The van der Waals surface area contributed by atoms with Crippen molar-refractivity contribution in [2.45, 2.75) is 13.5 Å². The van der Waals surface area contributed by atoms with Crippen molar-refractivity contribution in [2.75, 3.05) is 6.54 Å². The average Bonchev–Trinajstić information content (AvgIpc) is 3.06. The highest BCUT2D eigenvalue weighted by Crippen LogP contribution is 2.13. The predicted octanol–water partition coefficient (Wildman–Crippen LogP) is 2.42. The molecule has 0 radical (unpaired) electrons. The van der Waals surface area contributed by atoms with Gasteiger partial charge in [-0.05, 0) is 30.5 Å². The van der Waals surface area contributed by atoms with Crippen LogP contribution in [0.25, 0.3) is 5.65 Å². The molecule has 3 heterocycles. The molecular formula is C16H15N3O2S. The molecule has 3 aromatic rings. The topological polar surface area (TPSA) is 54.7 Å². The Balaban J connectivity index is 1.97. The van der Waals surface area contributed by atoms with E-state index in [1.807, 2.05) is 24.4 Å². The molecule has 3 aromatic heterocycles. The van der Waals surface area contributed by atoms with Gasteiger partial charge in [0.2, 0.25) is 0 Å². The molecule has 5 nitrogen and oxygen atoms in total. The van der Waals surface area contributed by atoms with Crippen molar-refractivity contribution in [1.29, 1.82) is 0 Å². The van der Waals surface area contributed by atoms with Crippen molar-refractivity contribution in [2.24, 2.45) is 0 Å². The van der Waals surface area contributed by atoms with E-state index in [4.69, 9.17) is 0 Å². The monoisotopic (exact) mass is 313 g/mol. The van der Waals surface area contributed by atoms with E-state index in [1.165, 1.54) is 10.6 Å². The zero-order valence-corrected chi connectivity index (χ0v) is 12.9. The number of carbonyl (C=O) groups is 1. The number of hydrogen-bond acceptors (Lipinski definition) is 4. The third-order valence-corrected chi connectivity index (χ3v) is 4.30. The minimum absolute atomic E-state index is 0.0992. The van der Waals surface area contributed by atoms with Crippen LogP contribution in [0.4, 0.5) is 0 Å². The minimum atomic E-state index is -0.333. The lowest BCUT2D eigenvalue weighted by molar-refractivity contribution is 0.0752. The number of aromatic nitrogens is 2. The Kier molecular flexibility index (Phi) is 4.02. The summed E-state index contributed by atoms with van der Waals surface area (Å²) >= 11 is 1.59. The van der Waals surface area contributed by atoms with Crippen LogP contribution in [0.1, 0.15) is 22.2 Å². The molecule has 22 heavy (non-hydrogen) atoms. The maximum atomic E-state index is 12.6. The van der Waals surface area contributed by atoms with Gasteiger partial charge in [0.1, 0.15) is 11.2 Å².